The number of halogens is 1. The van der Waals surface area contributed by atoms with E-state index >= 15 is 0 Å². The number of ether oxygens (including phenoxy) is 1. The molecule has 1 rings (SSSR count). The lowest BCUT2D eigenvalue weighted by Gasteiger charge is -2.30. The highest BCUT2D eigenvalue weighted by Gasteiger charge is 2.39. The third-order valence-corrected chi connectivity index (χ3v) is 3.65. The Morgan fingerprint density at radius 3 is 2.78 bits per heavy atom. The number of rotatable bonds is 6. The van der Waals surface area contributed by atoms with E-state index in [1.807, 2.05) is 6.26 Å². The first-order valence-electron chi connectivity index (χ1n) is 5.64. The summed E-state index contributed by atoms with van der Waals surface area (Å²) in [5, 5.41) is 0. The van der Waals surface area contributed by atoms with Crippen molar-refractivity contribution in [3.05, 3.63) is 35.6 Å². The van der Waals surface area contributed by atoms with E-state index in [1.165, 1.54) is 19.2 Å². The molecule has 3 nitrogen and oxygen atoms in total. The van der Waals surface area contributed by atoms with Crippen LogP contribution in [0.15, 0.2) is 24.3 Å². The fraction of sp³-hybridized carbons (Fsp3) is 0.462. The molecule has 0 saturated heterocycles. The maximum absolute atomic E-state index is 13.3. The van der Waals surface area contributed by atoms with Crippen LogP contribution in [0.2, 0.25) is 0 Å². The van der Waals surface area contributed by atoms with Gasteiger partial charge in [0, 0.05) is 6.54 Å². The van der Waals surface area contributed by atoms with Crippen LogP contribution in [0.1, 0.15) is 12.0 Å². The van der Waals surface area contributed by atoms with E-state index in [1.54, 1.807) is 23.9 Å². The fourth-order valence-corrected chi connectivity index (χ4v) is 2.48. The lowest BCUT2D eigenvalue weighted by Crippen LogP contribution is -2.44. The van der Waals surface area contributed by atoms with Crippen LogP contribution < -0.4 is 5.73 Å². The van der Waals surface area contributed by atoms with Crippen LogP contribution in [0.5, 0.6) is 0 Å². The van der Waals surface area contributed by atoms with Crippen molar-refractivity contribution in [2.24, 2.45) is 5.73 Å². The van der Waals surface area contributed by atoms with E-state index in [-0.39, 0.29) is 12.4 Å². The molecule has 0 aliphatic rings. The van der Waals surface area contributed by atoms with Gasteiger partial charge >= 0.3 is 5.97 Å². The van der Waals surface area contributed by atoms with Crippen LogP contribution in [-0.2, 0) is 14.9 Å². The van der Waals surface area contributed by atoms with Crippen molar-refractivity contribution in [3.8, 4) is 0 Å². The number of thioether (sulfide) groups is 1. The minimum absolute atomic E-state index is 0.101. The molecule has 0 aromatic heterocycles. The molecular formula is C13H18FNO2S. The van der Waals surface area contributed by atoms with Gasteiger partial charge in [0.05, 0.1) is 7.11 Å². The average molecular weight is 271 g/mol. The van der Waals surface area contributed by atoms with Crippen LogP contribution in [0.4, 0.5) is 4.39 Å². The third-order valence-electron chi connectivity index (χ3n) is 3.03. The number of hydrogen-bond donors (Lipinski definition) is 1. The minimum Gasteiger partial charge on any atom is -0.468 e. The zero-order chi connectivity index (χ0) is 13.6. The molecule has 0 radical (unpaired) electrons. The summed E-state index contributed by atoms with van der Waals surface area (Å²) in [4.78, 5) is 12.0. The molecule has 18 heavy (non-hydrogen) atoms. The SMILES string of the molecule is COC(=O)C(CN)(CCSC)c1cccc(F)c1. The maximum atomic E-state index is 13.3. The average Bonchev–Trinajstić information content (AvgIpc) is 2.39. The smallest absolute Gasteiger partial charge is 0.317 e. The van der Waals surface area contributed by atoms with Crippen LogP contribution in [-0.4, -0.2) is 31.6 Å². The van der Waals surface area contributed by atoms with E-state index < -0.39 is 11.4 Å². The first kappa shape index (κ1) is 15.0. The summed E-state index contributed by atoms with van der Waals surface area (Å²) >= 11 is 1.61. The normalized spacial score (nSPS) is 14.0. The zero-order valence-corrected chi connectivity index (χ0v) is 11.4. The van der Waals surface area contributed by atoms with Crippen molar-refractivity contribution in [3.63, 3.8) is 0 Å². The number of hydrogen-bond acceptors (Lipinski definition) is 4. The molecule has 5 heteroatoms. The number of carbonyl (C=O) groups excluding carboxylic acids is 1. The second kappa shape index (κ2) is 6.75. The number of methoxy groups -OCH3 is 1. The molecule has 0 amide bonds. The molecule has 1 unspecified atom stereocenters. The van der Waals surface area contributed by atoms with Gasteiger partial charge in [0.25, 0.3) is 0 Å². The quantitative estimate of drug-likeness (QED) is 0.803. The van der Waals surface area contributed by atoms with Crippen molar-refractivity contribution in [1.82, 2.24) is 0 Å². The van der Waals surface area contributed by atoms with E-state index in [9.17, 15) is 9.18 Å². The van der Waals surface area contributed by atoms with Gasteiger partial charge in [-0.15, -0.1) is 0 Å². The van der Waals surface area contributed by atoms with Gasteiger partial charge in [-0.05, 0) is 36.1 Å². The predicted octanol–water partition coefficient (Wildman–Crippen LogP) is 1.95. The van der Waals surface area contributed by atoms with Crippen LogP contribution in [0, 0.1) is 5.82 Å². The molecule has 0 aliphatic carbocycles. The van der Waals surface area contributed by atoms with Crippen molar-refractivity contribution in [1.29, 1.82) is 0 Å². The lowest BCUT2D eigenvalue weighted by atomic mass is 9.78. The summed E-state index contributed by atoms with van der Waals surface area (Å²) in [6.45, 7) is 0.101. The van der Waals surface area contributed by atoms with Gasteiger partial charge < -0.3 is 10.5 Å². The van der Waals surface area contributed by atoms with Gasteiger partial charge in [0.2, 0.25) is 0 Å². The van der Waals surface area contributed by atoms with Gasteiger partial charge in [-0.25, -0.2) is 4.39 Å². The summed E-state index contributed by atoms with van der Waals surface area (Å²) in [6.07, 6.45) is 2.48. The summed E-state index contributed by atoms with van der Waals surface area (Å²) in [5.74, 6) is -0.0361. The molecule has 0 bridgehead atoms. The summed E-state index contributed by atoms with van der Waals surface area (Å²) in [6, 6.07) is 5.99. The molecule has 1 aromatic carbocycles. The van der Waals surface area contributed by atoms with Gasteiger partial charge in [0.1, 0.15) is 11.2 Å². The Kier molecular flexibility index (Phi) is 5.62. The minimum atomic E-state index is -0.958. The van der Waals surface area contributed by atoms with Gasteiger partial charge in [-0.3, -0.25) is 4.79 Å². The predicted molar refractivity (Wildman–Crippen MR) is 72.1 cm³/mol. The van der Waals surface area contributed by atoms with Crippen molar-refractivity contribution >= 4 is 17.7 Å². The van der Waals surface area contributed by atoms with E-state index in [2.05, 4.69) is 0 Å². The van der Waals surface area contributed by atoms with Crippen molar-refractivity contribution < 1.29 is 13.9 Å². The van der Waals surface area contributed by atoms with Crippen LogP contribution in [0.25, 0.3) is 0 Å². The summed E-state index contributed by atoms with van der Waals surface area (Å²) in [7, 11) is 1.32. The molecule has 0 heterocycles. The molecule has 0 fully saturated rings. The zero-order valence-electron chi connectivity index (χ0n) is 10.6. The van der Waals surface area contributed by atoms with Gasteiger partial charge in [-0.2, -0.15) is 11.8 Å². The molecule has 1 aromatic rings. The van der Waals surface area contributed by atoms with Gasteiger partial charge in [0.15, 0.2) is 0 Å². The number of nitrogens with two attached hydrogens (primary N) is 1. The Morgan fingerprint density at radius 1 is 1.56 bits per heavy atom. The Balaban J connectivity index is 3.20. The fourth-order valence-electron chi connectivity index (χ4n) is 1.93. The molecule has 0 saturated carbocycles. The monoisotopic (exact) mass is 271 g/mol. The maximum Gasteiger partial charge on any atom is 0.317 e. The first-order valence-corrected chi connectivity index (χ1v) is 7.03. The molecule has 1 atom stereocenters. The molecular weight excluding hydrogens is 253 g/mol. The Morgan fingerprint density at radius 2 is 2.28 bits per heavy atom. The third kappa shape index (κ3) is 3.03. The van der Waals surface area contributed by atoms with Gasteiger partial charge in [-0.1, -0.05) is 12.1 Å². The Hall–Kier alpha value is -1.07. The second-order valence-electron chi connectivity index (χ2n) is 4.03. The standard InChI is InChI=1S/C13H18FNO2S/c1-17-12(16)13(9-15,6-7-18-2)10-4-3-5-11(14)8-10/h3-5,8H,6-7,9,15H2,1-2H3. The van der Waals surface area contributed by atoms with E-state index in [0.717, 1.165) is 5.75 Å². The second-order valence-corrected chi connectivity index (χ2v) is 5.02. The van der Waals surface area contributed by atoms with E-state index in [4.69, 9.17) is 10.5 Å². The largest absolute Gasteiger partial charge is 0.468 e. The van der Waals surface area contributed by atoms with E-state index in [0.29, 0.717) is 12.0 Å². The van der Waals surface area contributed by atoms with Crippen molar-refractivity contribution in [2.45, 2.75) is 11.8 Å². The molecule has 0 spiro atoms. The number of benzene rings is 1. The highest BCUT2D eigenvalue weighted by Crippen LogP contribution is 2.30. The number of esters is 1. The molecule has 100 valence electrons. The highest BCUT2D eigenvalue weighted by molar-refractivity contribution is 7.98. The Labute approximate surface area is 111 Å². The topological polar surface area (TPSA) is 52.3 Å². The lowest BCUT2D eigenvalue weighted by molar-refractivity contribution is -0.147. The Bertz CT molecular complexity index is 414. The summed E-state index contributed by atoms with van der Waals surface area (Å²) < 4.78 is 18.2. The summed E-state index contributed by atoms with van der Waals surface area (Å²) in [5.41, 5.74) is 5.39. The van der Waals surface area contributed by atoms with Crippen molar-refractivity contribution in [2.75, 3.05) is 25.7 Å². The van der Waals surface area contributed by atoms with Crippen LogP contribution in [0.3, 0.4) is 0 Å². The molecule has 0 aliphatic heterocycles. The van der Waals surface area contributed by atoms with Crippen LogP contribution >= 0.6 is 11.8 Å². The highest BCUT2D eigenvalue weighted by atomic mass is 32.2. The number of carbonyl (C=O) groups is 1. The molecule has 2 N–H and O–H groups in total. The first-order chi connectivity index (χ1) is 8.60.